The lowest BCUT2D eigenvalue weighted by molar-refractivity contribution is -0.125. The normalized spacial score (nSPS) is 28.7. The van der Waals surface area contributed by atoms with Crippen LogP contribution in [-0.4, -0.2) is 24.2 Å². The van der Waals surface area contributed by atoms with Crippen LogP contribution >= 0.6 is 0 Å². The lowest BCUT2D eigenvalue weighted by Crippen LogP contribution is -2.43. The highest BCUT2D eigenvalue weighted by Crippen LogP contribution is 2.31. The average Bonchev–Trinajstić information content (AvgIpc) is 2.06. The van der Waals surface area contributed by atoms with E-state index in [4.69, 9.17) is 0 Å². The number of aliphatic hydroxyl groups is 1. The Hall–Kier alpha value is -0.570. The van der Waals surface area contributed by atoms with Gasteiger partial charge in [-0.3, -0.25) is 4.79 Å². The number of aliphatic hydroxyl groups excluding tert-OH is 1. The average molecular weight is 199 g/mol. The summed E-state index contributed by atoms with van der Waals surface area (Å²) < 4.78 is 0. The van der Waals surface area contributed by atoms with Gasteiger partial charge in [0.05, 0.1) is 0 Å². The summed E-state index contributed by atoms with van der Waals surface area (Å²) in [4.78, 5) is 11.1. The Labute approximate surface area is 85.9 Å². The van der Waals surface area contributed by atoms with Crippen LogP contribution in [-0.2, 0) is 4.79 Å². The van der Waals surface area contributed by atoms with Crippen molar-refractivity contribution in [2.45, 2.75) is 33.6 Å². The zero-order valence-corrected chi connectivity index (χ0v) is 9.34. The lowest BCUT2D eigenvalue weighted by atomic mass is 9.76. The molecule has 3 heteroatoms. The summed E-state index contributed by atoms with van der Waals surface area (Å²) in [5.41, 5.74) is 0.264. The zero-order valence-electron chi connectivity index (χ0n) is 9.34. The molecule has 0 spiro atoms. The maximum atomic E-state index is 11.1. The van der Waals surface area contributed by atoms with Crippen LogP contribution in [0.3, 0.4) is 0 Å². The van der Waals surface area contributed by atoms with Gasteiger partial charge < -0.3 is 10.4 Å². The molecule has 1 saturated heterocycles. The van der Waals surface area contributed by atoms with E-state index >= 15 is 0 Å². The standard InChI is InChI=1S/C11H21NO2/c1-11(2,3)5-9-6-12-10(14)4-8(9)7-13/h8-9,13H,4-7H2,1-3H3,(H,12,14). The van der Waals surface area contributed by atoms with Crippen LogP contribution in [0.1, 0.15) is 33.6 Å². The van der Waals surface area contributed by atoms with Crippen LogP contribution in [0.2, 0.25) is 0 Å². The molecule has 2 unspecified atom stereocenters. The first kappa shape index (κ1) is 11.5. The van der Waals surface area contributed by atoms with Crippen LogP contribution in [0.4, 0.5) is 0 Å². The van der Waals surface area contributed by atoms with Gasteiger partial charge in [0.2, 0.25) is 5.91 Å². The van der Waals surface area contributed by atoms with Crippen molar-refractivity contribution in [2.24, 2.45) is 17.3 Å². The Bertz CT molecular complexity index is 208. The van der Waals surface area contributed by atoms with Crippen molar-refractivity contribution in [2.75, 3.05) is 13.2 Å². The minimum absolute atomic E-state index is 0.0780. The number of piperidine rings is 1. The molecule has 1 fully saturated rings. The molecule has 0 saturated carbocycles. The van der Waals surface area contributed by atoms with E-state index in [0.29, 0.717) is 12.3 Å². The first-order valence-electron chi connectivity index (χ1n) is 5.30. The minimum Gasteiger partial charge on any atom is -0.396 e. The van der Waals surface area contributed by atoms with E-state index in [2.05, 4.69) is 26.1 Å². The van der Waals surface area contributed by atoms with Crippen molar-refractivity contribution in [3.8, 4) is 0 Å². The first-order valence-corrected chi connectivity index (χ1v) is 5.30. The predicted octanol–water partition coefficient (Wildman–Crippen LogP) is 1.17. The number of carbonyl (C=O) groups is 1. The fourth-order valence-electron chi connectivity index (χ4n) is 2.13. The van der Waals surface area contributed by atoms with Crippen molar-refractivity contribution >= 4 is 5.91 Å². The van der Waals surface area contributed by atoms with E-state index in [0.717, 1.165) is 13.0 Å². The molecule has 0 radical (unpaired) electrons. The van der Waals surface area contributed by atoms with Gasteiger partial charge in [0.15, 0.2) is 0 Å². The Morgan fingerprint density at radius 1 is 1.43 bits per heavy atom. The molecule has 14 heavy (non-hydrogen) atoms. The highest BCUT2D eigenvalue weighted by Gasteiger charge is 2.31. The molecule has 82 valence electrons. The molecular formula is C11H21NO2. The third-order valence-corrected chi connectivity index (χ3v) is 2.78. The molecule has 1 amide bonds. The van der Waals surface area contributed by atoms with Crippen LogP contribution in [0.5, 0.6) is 0 Å². The molecule has 0 bridgehead atoms. The van der Waals surface area contributed by atoms with Crippen molar-refractivity contribution in [1.82, 2.24) is 5.32 Å². The zero-order chi connectivity index (χ0) is 10.8. The fraction of sp³-hybridized carbons (Fsp3) is 0.909. The van der Waals surface area contributed by atoms with Gasteiger partial charge in [-0.2, -0.15) is 0 Å². The predicted molar refractivity (Wildman–Crippen MR) is 55.8 cm³/mol. The van der Waals surface area contributed by atoms with Gasteiger partial charge in [0.25, 0.3) is 0 Å². The first-order chi connectivity index (χ1) is 6.42. The van der Waals surface area contributed by atoms with E-state index in [1.54, 1.807) is 0 Å². The molecule has 0 aromatic rings. The maximum absolute atomic E-state index is 11.1. The molecular weight excluding hydrogens is 178 g/mol. The summed E-state index contributed by atoms with van der Waals surface area (Å²) in [6.45, 7) is 7.43. The molecule has 2 atom stereocenters. The van der Waals surface area contributed by atoms with Gasteiger partial charge in [-0.1, -0.05) is 20.8 Å². The van der Waals surface area contributed by atoms with E-state index in [1.807, 2.05) is 0 Å². The molecule has 0 aromatic carbocycles. The highest BCUT2D eigenvalue weighted by molar-refractivity contribution is 5.77. The van der Waals surface area contributed by atoms with Crippen molar-refractivity contribution < 1.29 is 9.90 Å². The van der Waals surface area contributed by atoms with Crippen molar-refractivity contribution in [3.05, 3.63) is 0 Å². The van der Waals surface area contributed by atoms with Crippen LogP contribution in [0.15, 0.2) is 0 Å². The second-order valence-corrected chi connectivity index (χ2v) is 5.48. The number of hydrogen-bond acceptors (Lipinski definition) is 2. The van der Waals surface area contributed by atoms with E-state index < -0.39 is 0 Å². The topological polar surface area (TPSA) is 49.3 Å². The third-order valence-electron chi connectivity index (χ3n) is 2.78. The second-order valence-electron chi connectivity index (χ2n) is 5.48. The molecule has 1 aliphatic heterocycles. The molecule has 1 aliphatic rings. The summed E-state index contributed by atoms with van der Waals surface area (Å²) in [6.07, 6.45) is 1.54. The second kappa shape index (κ2) is 4.30. The summed E-state index contributed by atoms with van der Waals surface area (Å²) in [5, 5.41) is 12.1. The Morgan fingerprint density at radius 2 is 2.07 bits per heavy atom. The SMILES string of the molecule is CC(C)(C)CC1CNC(=O)CC1CO. The molecule has 1 rings (SSSR count). The van der Waals surface area contributed by atoms with Crippen LogP contribution in [0.25, 0.3) is 0 Å². The van der Waals surface area contributed by atoms with E-state index in [9.17, 15) is 9.90 Å². The highest BCUT2D eigenvalue weighted by atomic mass is 16.3. The quantitative estimate of drug-likeness (QED) is 0.701. The summed E-state index contributed by atoms with van der Waals surface area (Å²) in [5.74, 6) is 0.662. The largest absolute Gasteiger partial charge is 0.396 e. The van der Waals surface area contributed by atoms with E-state index in [-0.39, 0.29) is 23.8 Å². The maximum Gasteiger partial charge on any atom is 0.220 e. The molecule has 1 heterocycles. The van der Waals surface area contributed by atoms with Gasteiger partial charge in [-0.25, -0.2) is 0 Å². The summed E-state index contributed by atoms with van der Waals surface area (Å²) in [7, 11) is 0. The summed E-state index contributed by atoms with van der Waals surface area (Å²) >= 11 is 0. The number of rotatable bonds is 2. The molecule has 0 aromatic heterocycles. The lowest BCUT2D eigenvalue weighted by Gasteiger charge is -2.34. The Balaban J connectivity index is 2.54. The van der Waals surface area contributed by atoms with Gasteiger partial charge in [0.1, 0.15) is 0 Å². The summed E-state index contributed by atoms with van der Waals surface area (Å²) in [6, 6.07) is 0. The molecule has 0 aliphatic carbocycles. The third kappa shape index (κ3) is 3.29. The Morgan fingerprint density at radius 3 is 2.57 bits per heavy atom. The molecule has 2 N–H and O–H groups in total. The Kier molecular flexibility index (Phi) is 3.53. The van der Waals surface area contributed by atoms with Crippen molar-refractivity contribution in [3.63, 3.8) is 0 Å². The van der Waals surface area contributed by atoms with Gasteiger partial charge >= 0.3 is 0 Å². The van der Waals surface area contributed by atoms with Crippen LogP contribution < -0.4 is 5.32 Å². The fourth-order valence-corrected chi connectivity index (χ4v) is 2.13. The molecule has 3 nitrogen and oxygen atoms in total. The van der Waals surface area contributed by atoms with Crippen LogP contribution in [0, 0.1) is 17.3 Å². The minimum atomic E-state index is 0.0780. The van der Waals surface area contributed by atoms with Gasteiger partial charge in [0, 0.05) is 19.6 Å². The van der Waals surface area contributed by atoms with Gasteiger partial charge in [-0.05, 0) is 23.7 Å². The number of amides is 1. The monoisotopic (exact) mass is 199 g/mol. The number of hydrogen-bond donors (Lipinski definition) is 2. The number of nitrogens with one attached hydrogen (secondary N) is 1. The van der Waals surface area contributed by atoms with Crippen molar-refractivity contribution in [1.29, 1.82) is 0 Å². The smallest absolute Gasteiger partial charge is 0.220 e. The van der Waals surface area contributed by atoms with E-state index in [1.165, 1.54) is 0 Å². The number of carbonyl (C=O) groups excluding carboxylic acids is 1. The van der Waals surface area contributed by atoms with Gasteiger partial charge in [-0.15, -0.1) is 0 Å².